The van der Waals surface area contributed by atoms with Crippen molar-refractivity contribution in [3.8, 4) is 0 Å². The molecule has 2 atom stereocenters. The Hall–Kier alpha value is -0.770. The second-order valence-electron chi connectivity index (χ2n) is 3.91. The minimum atomic E-state index is -0.851. The highest BCUT2D eigenvalue weighted by atomic mass is 16.4. The number of hydrogen-bond donors (Lipinski definition) is 2. The maximum atomic E-state index is 10.8. The van der Waals surface area contributed by atoms with E-state index < -0.39 is 6.09 Å². The van der Waals surface area contributed by atoms with E-state index in [2.05, 4.69) is 0 Å². The van der Waals surface area contributed by atoms with Gasteiger partial charge in [-0.1, -0.05) is 0 Å². The third-order valence-corrected chi connectivity index (χ3v) is 2.78. The van der Waals surface area contributed by atoms with Crippen LogP contribution in [0.3, 0.4) is 0 Å². The topological polar surface area (TPSA) is 60.8 Å². The fourth-order valence-corrected chi connectivity index (χ4v) is 2.25. The zero-order chi connectivity index (χ0) is 10.0. The second-order valence-corrected chi connectivity index (χ2v) is 3.91. The van der Waals surface area contributed by atoms with Gasteiger partial charge < -0.3 is 15.1 Å². The molecule has 1 aliphatic rings. The zero-order valence-corrected chi connectivity index (χ0v) is 8.10. The van der Waals surface area contributed by atoms with Gasteiger partial charge in [-0.05, 0) is 32.6 Å². The quantitative estimate of drug-likeness (QED) is 0.647. The summed E-state index contributed by atoms with van der Waals surface area (Å²) < 4.78 is 0. The maximum absolute atomic E-state index is 10.8. The van der Waals surface area contributed by atoms with Gasteiger partial charge in [-0.25, -0.2) is 4.79 Å². The molecule has 0 saturated carbocycles. The molecule has 76 valence electrons. The van der Waals surface area contributed by atoms with Crippen molar-refractivity contribution < 1.29 is 15.0 Å². The lowest BCUT2D eigenvalue weighted by Gasteiger charge is -2.40. The molecule has 0 aromatic carbocycles. The summed E-state index contributed by atoms with van der Waals surface area (Å²) in [6.45, 7) is 3.96. The predicted octanol–water partition coefficient (Wildman–Crippen LogP) is 1.15. The summed E-state index contributed by atoms with van der Waals surface area (Å²) in [5.74, 6) is 0.264. The lowest BCUT2D eigenvalue weighted by atomic mass is 9.88. The molecule has 0 radical (unpaired) electrons. The molecule has 1 fully saturated rings. The number of piperidine rings is 1. The molecule has 1 heterocycles. The van der Waals surface area contributed by atoms with Crippen LogP contribution in [0.5, 0.6) is 0 Å². The third-order valence-electron chi connectivity index (χ3n) is 2.78. The Kier molecular flexibility index (Phi) is 3.14. The van der Waals surface area contributed by atoms with Crippen molar-refractivity contribution in [2.45, 2.75) is 38.8 Å². The molecule has 0 aromatic heterocycles. The highest BCUT2D eigenvalue weighted by Crippen LogP contribution is 2.27. The van der Waals surface area contributed by atoms with Gasteiger partial charge in [0.05, 0.1) is 0 Å². The van der Waals surface area contributed by atoms with Crippen LogP contribution in [0, 0.1) is 5.92 Å². The maximum Gasteiger partial charge on any atom is 0.407 e. The van der Waals surface area contributed by atoms with E-state index in [0.717, 1.165) is 12.8 Å². The van der Waals surface area contributed by atoms with E-state index in [1.54, 1.807) is 0 Å². The molecular weight excluding hydrogens is 170 g/mol. The first-order valence-electron chi connectivity index (χ1n) is 4.68. The number of rotatable bonds is 1. The van der Waals surface area contributed by atoms with Crippen LogP contribution in [-0.2, 0) is 0 Å². The van der Waals surface area contributed by atoms with E-state index >= 15 is 0 Å². The molecule has 1 aliphatic heterocycles. The van der Waals surface area contributed by atoms with E-state index in [1.165, 1.54) is 4.90 Å². The van der Waals surface area contributed by atoms with Gasteiger partial charge in [0.2, 0.25) is 0 Å². The number of nitrogens with zero attached hydrogens (tertiary/aromatic N) is 1. The van der Waals surface area contributed by atoms with Gasteiger partial charge in [0.25, 0.3) is 0 Å². The summed E-state index contributed by atoms with van der Waals surface area (Å²) >= 11 is 0. The monoisotopic (exact) mass is 187 g/mol. The van der Waals surface area contributed by atoms with Crippen LogP contribution >= 0.6 is 0 Å². The summed E-state index contributed by atoms with van der Waals surface area (Å²) in [5.41, 5.74) is 0. The average molecular weight is 187 g/mol. The lowest BCUT2D eigenvalue weighted by Crippen LogP contribution is -2.49. The first kappa shape index (κ1) is 10.3. The first-order chi connectivity index (χ1) is 6.06. The van der Waals surface area contributed by atoms with Gasteiger partial charge in [0.15, 0.2) is 0 Å². The van der Waals surface area contributed by atoms with Crippen LogP contribution in [0.1, 0.15) is 26.7 Å². The van der Waals surface area contributed by atoms with Crippen molar-refractivity contribution in [2.24, 2.45) is 5.92 Å². The van der Waals surface area contributed by atoms with Crippen molar-refractivity contribution >= 4 is 6.09 Å². The molecule has 0 bridgehead atoms. The Labute approximate surface area is 78.2 Å². The number of aliphatic hydroxyl groups excluding tert-OH is 1. The van der Waals surface area contributed by atoms with Crippen LogP contribution < -0.4 is 0 Å². The number of hydrogen-bond acceptors (Lipinski definition) is 2. The molecule has 0 spiro atoms. The van der Waals surface area contributed by atoms with Gasteiger partial charge >= 0.3 is 6.09 Å². The van der Waals surface area contributed by atoms with Gasteiger partial charge in [-0.2, -0.15) is 0 Å². The smallest absolute Gasteiger partial charge is 0.407 e. The standard InChI is InChI=1S/C9H17NO3/c1-6-3-8(5-11)4-7(2)10(6)9(12)13/h6-8,11H,3-5H2,1-2H3,(H,12,13)/t6-,7-/m1/s1. The van der Waals surface area contributed by atoms with Gasteiger partial charge in [-0.15, -0.1) is 0 Å². The minimum absolute atomic E-state index is 0.0263. The molecule has 1 amide bonds. The van der Waals surface area contributed by atoms with Gasteiger partial charge in [0.1, 0.15) is 0 Å². The van der Waals surface area contributed by atoms with Crippen molar-refractivity contribution in [3.63, 3.8) is 0 Å². The van der Waals surface area contributed by atoms with Crippen molar-refractivity contribution in [1.29, 1.82) is 0 Å². The summed E-state index contributed by atoms with van der Waals surface area (Å²) in [6.07, 6.45) is 0.691. The average Bonchev–Trinajstić information content (AvgIpc) is 2.02. The number of carboxylic acid groups (broad SMARTS) is 1. The SMILES string of the molecule is C[C@@H]1CC(CO)C[C@@H](C)N1C(=O)O. The Balaban J connectivity index is 2.64. The van der Waals surface area contributed by atoms with E-state index in [1.807, 2.05) is 13.8 Å². The number of likely N-dealkylation sites (tertiary alicyclic amines) is 1. The van der Waals surface area contributed by atoms with Crippen molar-refractivity contribution in [2.75, 3.05) is 6.61 Å². The lowest BCUT2D eigenvalue weighted by molar-refractivity contribution is 0.0474. The van der Waals surface area contributed by atoms with Crippen LogP contribution in [0.2, 0.25) is 0 Å². The molecule has 1 saturated heterocycles. The van der Waals surface area contributed by atoms with Crippen LogP contribution in [0.4, 0.5) is 4.79 Å². The van der Waals surface area contributed by atoms with E-state index in [0.29, 0.717) is 0 Å². The Bertz CT molecular complexity index is 183. The number of amides is 1. The fraction of sp³-hybridized carbons (Fsp3) is 0.889. The zero-order valence-electron chi connectivity index (χ0n) is 8.10. The van der Waals surface area contributed by atoms with E-state index in [9.17, 15) is 4.79 Å². The third kappa shape index (κ3) is 2.12. The van der Waals surface area contributed by atoms with E-state index in [-0.39, 0.29) is 24.6 Å². The molecule has 4 heteroatoms. The van der Waals surface area contributed by atoms with Gasteiger partial charge in [0, 0.05) is 18.7 Å². The highest BCUT2D eigenvalue weighted by molar-refractivity contribution is 5.66. The summed E-state index contributed by atoms with van der Waals surface area (Å²) in [4.78, 5) is 12.3. The highest BCUT2D eigenvalue weighted by Gasteiger charge is 2.33. The normalized spacial score (nSPS) is 34.7. The fourth-order valence-electron chi connectivity index (χ4n) is 2.25. The molecule has 4 nitrogen and oxygen atoms in total. The van der Waals surface area contributed by atoms with Crippen LogP contribution in [0.15, 0.2) is 0 Å². The number of aliphatic hydroxyl groups is 1. The largest absolute Gasteiger partial charge is 0.465 e. The molecule has 2 N–H and O–H groups in total. The molecular formula is C9H17NO3. The van der Waals surface area contributed by atoms with Crippen molar-refractivity contribution in [3.05, 3.63) is 0 Å². The Morgan fingerprint density at radius 2 is 1.85 bits per heavy atom. The Morgan fingerprint density at radius 1 is 1.38 bits per heavy atom. The van der Waals surface area contributed by atoms with Crippen molar-refractivity contribution in [1.82, 2.24) is 4.90 Å². The molecule has 0 unspecified atom stereocenters. The Morgan fingerprint density at radius 3 is 2.15 bits per heavy atom. The summed E-state index contributed by atoms with van der Waals surface area (Å²) in [7, 11) is 0. The van der Waals surface area contributed by atoms with Crippen LogP contribution in [-0.4, -0.2) is 39.9 Å². The molecule has 0 aromatic rings. The minimum Gasteiger partial charge on any atom is -0.465 e. The summed E-state index contributed by atoms with van der Waals surface area (Å²) in [5, 5.41) is 17.9. The summed E-state index contributed by atoms with van der Waals surface area (Å²) in [6, 6.07) is 0.0526. The molecule has 13 heavy (non-hydrogen) atoms. The van der Waals surface area contributed by atoms with Crippen LogP contribution in [0.25, 0.3) is 0 Å². The van der Waals surface area contributed by atoms with E-state index in [4.69, 9.17) is 10.2 Å². The predicted molar refractivity (Wildman–Crippen MR) is 48.6 cm³/mol. The molecule has 0 aliphatic carbocycles. The first-order valence-corrected chi connectivity index (χ1v) is 4.68. The second kappa shape index (κ2) is 3.96. The van der Waals surface area contributed by atoms with Gasteiger partial charge in [-0.3, -0.25) is 0 Å². The molecule has 1 rings (SSSR count). The number of carbonyl (C=O) groups is 1.